The van der Waals surface area contributed by atoms with Crippen LogP contribution in [0.5, 0.6) is 0 Å². The largest absolute Gasteiger partial charge is 0.461 e. The zero-order valence-electron chi connectivity index (χ0n) is 12.2. The second-order valence-corrected chi connectivity index (χ2v) is 5.17. The van der Waals surface area contributed by atoms with Gasteiger partial charge in [-0.1, -0.05) is 31.2 Å². The van der Waals surface area contributed by atoms with E-state index in [1.807, 2.05) is 24.3 Å². The van der Waals surface area contributed by atoms with Gasteiger partial charge < -0.3 is 9.73 Å². The smallest absolute Gasteiger partial charge is 0.134 e. The quantitative estimate of drug-likeness (QED) is 0.724. The molecule has 2 aromatic carbocycles. The molecule has 3 aromatic rings. The summed E-state index contributed by atoms with van der Waals surface area (Å²) < 4.78 is 19.5. The fraction of sp³-hybridized carbons (Fsp3) is 0.222. The van der Waals surface area contributed by atoms with Gasteiger partial charge in [-0.2, -0.15) is 0 Å². The van der Waals surface area contributed by atoms with Crippen LogP contribution in [0.4, 0.5) is 10.1 Å². The first kappa shape index (κ1) is 13.7. The molecule has 1 aromatic heterocycles. The van der Waals surface area contributed by atoms with Crippen molar-refractivity contribution in [3.05, 3.63) is 65.2 Å². The van der Waals surface area contributed by atoms with E-state index in [-0.39, 0.29) is 5.82 Å². The van der Waals surface area contributed by atoms with Gasteiger partial charge in [-0.15, -0.1) is 0 Å². The molecule has 0 amide bonds. The van der Waals surface area contributed by atoms with Gasteiger partial charge in [0, 0.05) is 29.6 Å². The summed E-state index contributed by atoms with van der Waals surface area (Å²) in [5.41, 5.74) is 3.49. The summed E-state index contributed by atoms with van der Waals surface area (Å²) in [6.45, 7) is 4.47. The Hall–Kier alpha value is -2.29. The van der Waals surface area contributed by atoms with Crippen LogP contribution >= 0.6 is 0 Å². The minimum absolute atomic E-state index is 0.187. The molecule has 0 saturated heterocycles. The molecule has 2 nitrogen and oxygen atoms in total. The van der Waals surface area contributed by atoms with E-state index >= 15 is 0 Å². The highest BCUT2D eigenvalue weighted by Gasteiger charge is 2.12. The molecule has 1 heterocycles. The lowest BCUT2D eigenvalue weighted by Gasteiger charge is -2.08. The Balaban J connectivity index is 1.89. The first-order chi connectivity index (χ1) is 10.2. The number of anilines is 1. The lowest BCUT2D eigenvalue weighted by Crippen LogP contribution is -2.01. The van der Waals surface area contributed by atoms with E-state index < -0.39 is 0 Å². The highest BCUT2D eigenvalue weighted by Crippen LogP contribution is 2.27. The molecule has 1 N–H and O–H groups in total. The van der Waals surface area contributed by atoms with E-state index in [0.717, 1.165) is 34.4 Å². The van der Waals surface area contributed by atoms with Crippen molar-refractivity contribution in [2.75, 3.05) is 5.32 Å². The number of para-hydroxylation sites is 1. The van der Waals surface area contributed by atoms with E-state index in [0.29, 0.717) is 12.1 Å². The number of fused-ring (bicyclic) bond motifs is 1. The number of furan rings is 1. The number of rotatable bonds is 4. The monoisotopic (exact) mass is 283 g/mol. The van der Waals surface area contributed by atoms with Gasteiger partial charge in [0.1, 0.15) is 17.2 Å². The number of hydrogen-bond acceptors (Lipinski definition) is 2. The summed E-state index contributed by atoms with van der Waals surface area (Å²) >= 11 is 0. The van der Waals surface area contributed by atoms with Crippen molar-refractivity contribution in [2.24, 2.45) is 0 Å². The van der Waals surface area contributed by atoms with Crippen LogP contribution < -0.4 is 5.32 Å². The summed E-state index contributed by atoms with van der Waals surface area (Å²) in [5.74, 6) is 0.795. The summed E-state index contributed by atoms with van der Waals surface area (Å²) in [5, 5.41) is 4.40. The van der Waals surface area contributed by atoms with Crippen molar-refractivity contribution in [2.45, 2.75) is 26.8 Å². The molecule has 0 aliphatic carbocycles. The average Bonchev–Trinajstić information content (AvgIpc) is 2.86. The van der Waals surface area contributed by atoms with Gasteiger partial charge in [0.05, 0.1) is 0 Å². The Kier molecular flexibility index (Phi) is 3.65. The molecule has 108 valence electrons. The first-order valence-electron chi connectivity index (χ1n) is 7.18. The summed E-state index contributed by atoms with van der Waals surface area (Å²) in [4.78, 5) is 0. The van der Waals surface area contributed by atoms with Gasteiger partial charge in [-0.05, 0) is 30.7 Å². The Bertz CT molecular complexity index is 776. The number of hydrogen-bond donors (Lipinski definition) is 1. The lowest BCUT2D eigenvalue weighted by atomic mass is 10.1. The number of aryl methyl sites for hydroxylation is 2. The van der Waals surface area contributed by atoms with Crippen LogP contribution in [0.1, 0.15) is 23.8 Å². The van der Waals surface area contributed by atoms with Crippen LogP contribution in [0.3, 0.4) is 0 Å². The Morgan fingerprint density at radius 3 is 2.71 bits per heavy atom. The normalized spacial score (nSPS) is 11.0. The van der Waals surface area contributed by atoms with Crippen LogP contribution in [0, 0.1) is 12.7 Å². The third-order valence-electron chi connectivity index (χ3n) is 3.74. The van der Waals surface area contributed by atoms with Gasteiger partial charge in [0.25, 0.3) is 0 Å². The molecule has 21 heavy (non-hydrogen) atoms. The molecule has 0 atom stereocenters. The maximum absolute atomic E-state index is 13.6. The van der Waals surface area contributed by atoms with Crippen molar-refractivity contribution in [1.29, 1.82) is 0 Å². The fourth-order valence-electron chi connectivity index (χ4n) is 2.52. The molecule has 3 rings (SSSR count). The minimum Gasteiger partial charge on any atom is -0.461 e. The van der Waals surface area contributed by atoms with Crippen molar-refractivity contribution in [3.8, 4) is 0 Å². The Labute approximate surface area is 123 Å². The predicted molar refractivity (Wildman–Crippen MR) is 84.1 cm³/mol. The van der Waals surface area contributed by atoms with Crippen LogP contribution in [0.2, 0.25) is 0 Å². The molecule has 0 aliphatic heterocycles. The molecular formula is C18H18FNO. The molecule has 0 fully saturated rings. The summed E-state index contributed by atoms with van der Waals surface area (Å²) in [7, 11) is 0. The highest BCUT2D eigenvalue weighted by molar-refractivity contribution is 5.82. The first-order valence-corrected chi connectivity index (χ1v) is 7.18. The molecular weight excluding hydrogens is 265 g/mol. The Morgan fingerprint density at radius 1 is 1.14 bits per heavy atom. The standard InChI is InChI=1S/C18H18FNO/c1-3-17-15(14-6-4-5-7-18(14)21-17)11-20-13-9-8-12(2)16(19)10-13/h4-10,20H,3,11H2,1-2H3. The lowest BCUT2D eigenvalue weighted by molar-refractivity contribution is 0.551. The SMILES string of the molecule is CCc1oc2ccccc2c1CNc1ccc(C)c(F)c1. The van der Waals surface area contributed by atoms with Crippen molar-refractivity contribution >= 4 is 16.7 Å². The van der Waals surface area contributed by atoms with Crippen LogP contribution in [0.25, 0.3) is 11.0 Å². The molecule has 0 radical (unpaired) electrons. The van der Waals surface area contributed by atoms with Crippen LogP contribution in [-0.4, -0.2) is 0 Å². The van der Waals surface area contributed by atoms with Crippen LogP contribution in [-0.2, 0) is 13.0 Å². The Morgan fingerprint density at radius 2 is 1.95 bits per heavy atom. The molecule has 0 spiro atoms. The zero-order valence-corrected chi connectivity index (χ0v) is 12.2. The number of nitrogens with one attached hydrogen (secondary N) is 1. The average molecular weight is 283 g/mol. The third-order valence-corrected chi connectivity index (χ3v) is 3.74. The highest BCUT2D eigenvalue weighted by atomic mass is 19.1. The topological polar surface area (TPSA) is 25.2 Å². The van der Waals surface area contributed by atoms with Crippen LogP contribution in [0.15, 0.2) is 46.9 Å². The molecule has 0 unspecified atom stereocenters. The third kappa shape index (κ3) is 2.64. The summed E-state index contributed by atoms with van der Waals surface area (Å²) in [6, 6.07) is 13.2. The maximum Gasteiger partial charge on any atom is 0.134 e. The van der Waals surface area contributed by atoms with Gasteiger partial charge in [-0.25, -0.2) is 4.39 Å². The van der Waals surface area contributed by atoms with Gasteiger partial charge in [0.2, 0.25) is 0 Å². The van der Waals surface area contributed by atoms with E-state index in [2.05, 4.69) is 18.3 Å². The second kappa shape index (κ2) is 5.60. The fourth-order valence-corrected chi connectivity index (χ4v) is 2.52. The van der Waals surface area contributed by atoms with E-state index in [1.54, 1.807) is 13.0 Å². The van der Waals surface area contributed by atoms with E-state index in [1.165, 1.54) is 6.07 Å². The van der Waals surface area contributed by atoms with Gasteiger partial charge >= 0.3 is 0 Å². The summed E-state index contributed by atoms with van der Waals surface area (Å²) in [6.07, 6.45) is 0.841. The number of halogens is 1. The molecule has 0 aliphatic rings. The molecule has 0 bridgehead atoms. The van der Waals surface area contributed by atoms with E-state index in [4.69, 9.17) is 4.42 Å². The van der Waals surface area contributed by atoms with Crippen molar-refractivity contribution in [3.63, 3.8) is 0 Å². The van der Waals surface area contributed by atoms with Gasteiger partial charge in [-0.3, -0.25) is 0 Å². The number of benzene rings is 2. The second-order valence-electron chi connectivity index (χ2n) is 5.17. The minimum atomic E-state index is -0.187. The predicted octanol–water partition coefficient (Wildman–Crippen LogP) is 5.05. The van der Waals surface area contributed by atoms with Gasteiger partial charge in [0.15, 0.2) is 0 Å². The van der Waals surface area contributed by atoms with E-state index in [9.17, 15) is 4.39 Å². The zero-order chi connectivity index (χ0) is 14.8. The molecule has 3 heteroatoms. The van der Waals surface area contributed by atoms with Crippen molar-refractivity contribution in [1.82, 2.24) is 0 Å². The van der Waals surface area contributed by atoms with Crippen molar-refractivity contribution < 1.29 is 8.81 Å². The molecule has 0 saturated carbocycles. The maximum atomic E-state index is 13.6.